The zero-order chi connectivity index (χ0) is 12.4. The lowest BCUT2D eigenvalue weighted by atomic mass is 10.0. The van der Waals surface area contributed by atoms with E-state index in [1.54, 1.807) is 12.1 Å². The average Bonchev–Trinajstić information content (AvgIpc) is 2.58. The third-order valence-electron chi connectivity index (χ3n) is 3.15. The number of hydrogen-bond donors (Lipinski definition) is 0. The highest BCUT2D eigenvalue weighted by molar-refractivity contribution is 6.34. The fourth-order valence-corrected chi connectivity index (χ4v) is 2.30. The van der Waals surface area contributed by atoms with Crippen LogP contribution in [0.5, 0.6) is 0 Å². The van der Waals surface area contributed by atoms with Gasteiger partial charge in [-0.1, -0.05) is 46.5 Å². The molecule has 0 saturated heterocycles. The highest BCUT2D eigenvalue weighted by Gasteiger charge is 2.15. The molecule has 2 rings (SSSR count). The Morgan fingerprint density at radius 2 is 2.00 bits per heavy atom. The molecule has 0 radical (unpaired) electrons. The summed E-state index contributed by atoms with van der Waals surface area (Å²) in [7, 11) is 0. The first-order valence-electron chi connectivity index (χ1n) is 5.71. The molecule has 0 amide bonds. The van der Waals surface area contributed by atoms with Crippen molar-refractivity contribution in [2.24, 2.45) is 0 Å². The van der Waals surface area contributed by atoms with Crippen LogP contribution in [0.15, 0.2) is 47.1 Å². The summed E-state index contributed by atoms with van der Waals surface area (Å²) < 4.78 is 0. The summed E-state index contributed by atoms with van der Waals surface area (Å²) in [6.45, 7) is 4.20. The second-order valence-electron chi connectivity index (χ2n) is 4.52. The van der Waals surface area contributed by atoms with Crippen LogP contribution >= 0.6 is 11.6 Å². The van der Waals surface area contributed by atoms with Crippen LogP contribution in [0.25, 0.3) is 0 Å². The van der Waals surface area contributed by atoms with Crippen LogP contribution < -0.4 is 0 Å². The minimum Gasteiger partial charge on any atom is -0.294 e. The molecule has 2 heteroatoms. The van der Waals surface area contributed by atoms with Gasteiger partial charge in [-0.15, -0.1) is 0 Å². The van der Waals surface area contributed by atoms with Crippen LogP contribution in [-0.2, 0) is 0 Å². The standard InChI is InChI=1S/C15H15ClO/c1-10-7-12(8-11(10)2)9-15(17)13-5-3-4-6-14(13)16/h3-7H,8-9H2,1-2H3. The highest BCUT2D eigenvalue weighted by atomic mass is 35.5. The number of rotatable bonds is 3. The topological polar surface area (TPSA) is 17.1 Å². The number of benzene rings is 1. The molecule has 0 unspecified atom stereocenters. The Morgan fingerprint density at radius 1 is 1.29 bits per heavy atom. The summed E-state index contributed by atoms with van der Waals surface area (Å²) in [5.41, 5.74) is 4.45. The monoisotopic (exact) mass is 246 g/mol. The number of hydrogen-bond acceptors (Lipinski definition) is 1. The summed E-state index contributed by atoms with van der Waals surface area (Å²) in [6, 6.07) is 7.22. The maximum atomic E-state index is 12.1. The first-order chi connectivity index (χ1) is 8.08. The van der Waals surface area contributed by atoms with E-state index in [2.05, 4.69) is 19.9 Å². The summed E-state index contributed by atoms with van der Waals surface area (Å²) in [4.78, 5) is 12.1. The van der Waals surface area contributed by atoms with Crippen molar-refractivity contribution in [3.05, 3.63) is 57.6 Å². The zero-order valence-electron chi connectivity index (χ0n) is 10.1. The molecule has 0 spiro atoms. The van der Waals surface area contributed by atoms with E-state index in [1.807, 2.05) is 12.1 Å². The molecule has 0 heterocycles. The average molecular weight is 247 g/mol. The van der Waals surface area contributed by atoms with Gasteiger partial charge in [0.2, 0.25) is 0 Å². The van der Waals surface area contributed by atoms with Crippen molar-refractivity contribution in [1.82, 2.24) is 0 Å². The maximum absolute atomic E-state index is 12.1. The lowest BCUT2D eigenvalue weighted by Gasteiger charge is -2.04. The summed E-state index contributed by atoms with van der Waals surface area (Å²) in [5.74, 6) is 0.101. The van der Waals surface area contributed by atoms with Crippen molar-refractivity contribution < 1.29 is 4.79 Å². The molecular weight excluding hydrogens is 232 g/mol. The maximum Gasteiger partial charge on any atom is 0.168 e. The number of carbonyl (C=O) groups excluding carboxylic acids is 1. The number of ketones is 1. The molecule has 0 atom stereocenters. The third-order valence-corrected chi connectivity index (χ3v) is 3.48. The molecule has 1 aliphatic carbocycles. The molecular formula is C15H15ClO. The van der Waals surface area contributed by atoms with E-state index in [0.717, 1.165) is 6.42 Å². The van der Waals surface area contributed by atoms with Gasteiger partial charge in [0, 0.05) is 12.0 Å². The van der Waals surface area contributed by atoms with Crippen molar-refractivity contribution in [1.29, 1.82) is 0 Å². The van der Waals surface area contributed by atoms with Crippen molar-refractivity contribution >= 4 is 17.4 Å². The Hall–Kier alpha value is -1.34. The first kappa shape index (κ1) is 12.1. The third kappa shape index (κ3) is 2.67. The fourth-order valence-electron chi connectivity index (χ4n) is 2.06. The molecule has 0 bridgehead atoms. The molecule has 0 aromatic heterocycles. The quantitative estimate of drug-likeness (QED) is 0.714. The second-order valence-corrected chi connectivity index (χ2v) is 4.93. The van der Waals surface area contributed by atoms with Crippen LogP contribution in [0, 0.1) is 0 Å². The highest BCUT2D eigenvalue weighted by Crippen LogP contribution is 2.28. The van der Waals surface area contributed by atoms with Crippen LogP contribution in [0.3, 0.4) is 0 Å². The van der Waals surface area contributed by atoms with Crippen molar-refractivity contribution in [3.8, 4) is 0 Å². The van der Waals surface area contributed by atoms with Crippen LogP contribution in [0.1, 0.15) is 37.0 Å². The fraction of sp³-hybridized carbons (Fsp3) is 0.267. The van der Waals surface area contributed by atoms with E-state index in [0.29, 0.717) is 17.0 Å². The molecule has 1 aromatic carbocycles. The van der Waals surface area contributed by atoms with E-state index in [1.165, 1.54) is 16.7 Å². The Morgan fingerprint density at radius 3 is 2.59 bits per heavy atom. The number of allylic oxidation sites excluding steroid dienone is 4. The lowest BCUT2D eigenvalue weighted by Crippen LogP contribution is -2.01. The van der Waals surface area contributed by atoms with Crippen molar-refractivity contribution in [2.45, 2.75) is 26.7 Å². The molecule has 1 aromatic rings. The normalized spacial score (nSPS) is 15.1. The zero-order valence-corrected chi connectivity index (χ0v) is 10.8. The van der Waals surface area contributed by atoms with Crippen LogP contribution in [0.2, 0.25) is 5.02 Å². The van der Waals surface area contributed by atoms with Crippen molar-refractivity contribution in [2.75, 3.05) is 0 Å². The van der Waals surface area contributed by atoms with Gasteiger partial charge in [0.05, 0.1) is 5.02 Å². The van der Waals surface area contributed by atoms with E-state index >= 15 is 0 Å². The molecule has 0 fully saturated rings. The van der Waals surface area contributed by atoms with Gasteiger partial charge in [0.15, 0.2) is 5.78 Å². The minimum absolute atomic E-state index is 0.101. The predicted octanol–water partition coefficient (Wildman–Crippen LogP) is 4.58. The van der Waals surface area contributed by atoms with Gasteiger partial charge in [-0.25, -0.2) is 0 Å². The molecule has 0 saturated carbocycles. The van der Waals surface area contributed by atoms with Gasteiger partial charge >= 0.3 is 0 Å². The van der Waals surface area contributed by atoms with Gasteiger partial charge in [0.25, 0.3) is 0 Å². The van der Waals surface area contributed by atoms with Crippen LogP contribution in [0.4, 0.5) is 0 Å². The summed E-state index contributed by atoms with van der Waals surface area (Å²) in [5, 5.41) is 0.539. The van der Waals surface area contributed by atoms with E-state index in [9.17, 15) is 4.79 Å². The SMILES string of the molecule is CC1=C(C)CC(CC(=O)c2ccccc2Cl)=C1. The molecule has 0 N–H and O–H groups in total. The lowest BCUT2D eigenvalue weighted by molar-refractivity contribution is 0.0992. The Bertz CT molecular complexity index is 523. The Balaban J connectivity index is 2.10. The minimum atomic E-state index is 0.101. The molecule has 0 aliphatic heterocycles. The second kappa shape index (κ2) is 4.89. The van der Waals surface area contributed by atoms with Crippen molar-refractivity contribution in [3.63, 3.8) is 0 Å². The molecule has 1 nitrogen and oxygen atoms in total. The van der Waals surface area contributed by atoms with E-state index < -0.39 is 0 Å². The largest absolute Gasteiger partial charge is 0.294 e. The number of halogens is 1. The van der Waals surface area contributed by atoms with Crippen LogP contribution in [-0.4, -0.2) is 5.78 Å². The van der Waals surface area contributed by atoms with Gasteiger partial charge < -0.3 is 0 Å². The summed E-state index contributed by atoms with van der Waals surface area (Å²) >= 11 is 6.01. The first-order valence-corrected chi connectivity index (χ1v) is 6.09. The van der Waals surface area contributed by atoms with Gasteiger partial charge in [-0.05, 0) is 32.4 Å². The van der Waals surface area contributed by atoms with E-state index in [4.69, 9.17) is 11.6 Å². The molecule has 88 valence electrons. The van der Waals surface area contributed by atoms with E-state index in [-0.39, 0.29) is 5.78 Å². The Labute approximate surface area is 107 Å². The van der Waals surface area contributed by atoms with Gasteiger partial charge in [-0.3, -0.25) is 4.79 Å². The molecule has 17 heavy (non-hydrogen) atoms. The number of Topliss-reactive ketones (excluding diaryl/α,β-unsaturated/α-hetero) is 1. The van der Waals surface area contributed by atoms with Gasteiger partial charge in [-0.2, -0.15) is 0 Å². The Kier molecular flexibility index (Phi) is 3.49. The number of carbonyl (C=O) groups is 1. The summed E-state index contributed by atoms with van der Waals surface area (Å²) in [6.07, 6.45) is 3.50. The predicted molar refractivity (Wildman–Crippen MR) is 71.5 cm³/mol. The molecule has 1 aliphatic rings. The van der Waals surface area contributed by atoms with Gasteiger partial charge in [0.1, 0.15) is 0 Å². The smallest absolute Gasteiger partial charge is 0.168 e.